The van der Waals surface area contributed by atoms with Crippen LogP contribution in [0.5, 0.6) is 0 Å². The van der Waals surface area contributed by atoms with Crippen molar-refractivity contribution < 1.29 is 14.3 Å². The number of hydrogen-bond acceptors (Lipinski definition) is 4. The Bertz CT molecular complexity index is 936. The Balaban J connectivity index is 1.40. The van der Waals surface area contributed by atoms with E-state index >= 15 is 0 Å². The number of carbonyl (C=O) groups is 2. The van der Waals surface area contributed by atoms with Gasteiger partial charge in [-0.15, -0.1) is 0 Å². The molecule has 7 heteroatoms. The Kier molecular flexibility index (Phi) is 7.20. The fourth-order valence-corrected chi connectivity index (χ4v) is 4.37. The van der Waals surface area contributed by atoms with Gasteiger partial charge >= 0.3 is 0 Å². The van der Waals surface area contributed by atoms with E-state index in [1.807, 2.05) is 42.5 Å². The van der Waals surface area contributed by atoms with Crippen LogP contribution in [0, 0.1) is 0 Å². The van der Waals surface area contributed by atoms with Gasteiger partial charge in [0, 0.05) is 36.6 Å². The zero-order valence-corrected chi connectivity index (χ0v) is 18.4. The van der Waals surface area contributed by atoms with E-state index in [2.05, 4.69) is 0 Å². The topological polar surface area (TPSA) is 62.7 Å². The van der Waals surface area contributed by atoms with E-state index in [-0.39, 0.29) is 24.5 Å². The zero-order valence-electron chi connectivity index (χ0n) is 17.6. The predicted molar refractivity (Wildman–Crippen MR) is 119 cm³/mol. The molecule has 0 radical (unpaired) electrons. The first-order valence-electron chi connectivity index (χ1n) is 11.0. The summed E-state index contributed by atoms with van der Waals surface area (Å²) in [6.07, 6.45) is 3.89. The molecule has 164 valence electrons. The maximum absolute atomic E-state index is 12.9. The summed E-state index contributed by atoms with van der Waals surface area (Å²) in [6.45, 7) is 2.29. The smallest absolute Gasteiger partial charge is 0.242 e. The first-order chi connectivity index (χ1) is 15.1. The number of amides is 2. The lowest BCUT2D eigenvalue weighted by molar-refractivity contribution is -0.145. The van der Waals surface area contributed by atoms with Crippen molar-refractivity contribution in [3.63, 3.8) is 0 Å². The molecule has 1 aromatic heterocycles. The second-order valence-electron chi connectivity index (χ2n) is 8.19. The van der Waals surface area contributed by atoms with Crippen molar-refractivity contribution in [2.75, 3.05) is 32.8 Å². The van der Waals surface area contributed by atoms with Crippen molar-refractivity contribution in [2.45, 2.75) is 38.2 Å². The largest absolute Gasteiger partial charge is 0.368 e. The minimum atomic E-state index is -0.267. The van der Waals surface area contributed by atoms with Crippen molar-refractivity contribution in [1.29, 1.82) is 0 Å². The number of rotatable bonds is 5. The fraction of sp³-hybridized carbons (Fsp3) is 0.458. The van der Waals surface area contributed by atoms with E-state index in [0.717, 1.165) is 36.2 Å². The van der Waals surface area contributed by atoms with Crippen LogP contribution in [-0.4, -0.2) is 59.4 Å². The van der Waals surface area contributed by atoms with E-state index in [4.69, 9.17) is 21.3 Å². The van der Waals surface area contributed by atoms with Crippen LogP contribution >= 0.6 is 11.6 Å². The van der Waals surface area contributed by atoms with Crippen LogP contribution in [0.25, 0.3) is 0 Å². The lowest BCUT2D eigenvalue weighted by Crippen LogP contribution is -2.47. The minimum Gasteiger partial charge on any atom is -0.368 e. The second-order valence-corrected chi connectivity index (χ2v) is 8.62. The Hall–Kier alpha value is -2.44. The molecule has 0 saturated carbocycles. The molecule has 2 fully saturated rings. The van der Waals surface area contributed by atoms with E-state index in [9.17, 15) is 9.59 Å². The Morgan fingerprint density at radius 3 is 2.87 bits per heavy atom. The van der Waals surface area contributed by atoms with Crippen LogP contribution in [0.1, 0.15) is 48.7 Å². The van der Waals surface area contributed by atoms with Crippen molar-refractivity contribution in [3.8, 4) is 0 Å². The highest BCUT2D eigenvalue weighted by Crippen LogP contribution is 2.22. The van der Waals surface area contributed by atoms with Crippen LogP contribution in [0.15, 0.2) is 42.5 Å². The molecule has 1 unspecified atom stereocenters. The molecule has 2 aliphatic heterocycles. The van der Waals surface area contributed by atoms with Crippen LogP contribution in [0.2, 0.25) is 5.02 Å². The van der Waals surface area contributed by atoms with Crippen molar-refractivity contribution in [1.82, 2.24) is 14.8 Å². The van der Waals surface area contributed by atoms with Gasteiger partial charge in [0.1, 0.15) is 6.10 Å². The average molecular weight is 442 g/mol. The van der Waals surface area contributed by atoms with Gasteiger partial charge in [-0.25, -0.2) is 0 Å². The first-order valence-corrected chi connectivity index (χ1v) is 11.3. The number of halogens is 1. The van der Waals surface area contributed by atoms with E-state index in [0.29, 0.717) is 44.1 Å². The van der Waals surface area contributed by atoms with Gasteiger partial charge in [0.2, 0.25) is 11.8 Å². The maximum atomic E-state index is 12.9. The van der Waals surface area contributed by atoms with Gasteiger partial charge in [0.05, 0.1) is 25.4 Å². The average Bonchev–Trinajstić information content (AvgIpc) is 2.98. The summed E-state index contributed by atoms with van der Waals surface area (Å²) in [5, 5.41) is 0.710. The quantitative estimate of drug-likeness (QED) is 0.710. The van der Waals surface area contributed by atoms with E-state index in [1.165, 1.54) is 0 Å². The molecule has 6 nitrogen and oxygen atoms in total. The predicted octanol–water partition coefficient (Wildman–Crippen LogP) is 3.63. The molecule has 0 aliphatic carbocycles. The molecule has 0 N–H and O–H groups in total. The van der Waals surface area contributed by atoms with Gasteiger partial charge in [-0.1, -0.05) is 36.2 Å². The highest BCUT2D eigenvalue weighted by atomic mass is 35.5. The standard InChI is InChI=1S/C24H28ClN3O3/c25-19-7-4-6-18(14-19)15-20-8-5-9-21(26-20)22-16-28(12-13-31-22)24(30)17-27-11-3-1-2-10-23(27)29/h4-9,14,22H,1-3,10-13,15-17H2. The normalized spacial score (nSPS) is 19.9. The van der Waals surface area contributed by atoms with Gasteiger partial charge in [-0.05, 0) is 42.7 Å². The Labute approximate surface area is 188 Å². The minimum absolute atomic E-state index is 0.0152. The van der Waals surface area contributed by atoms with Crippen molar-refractivity contribution >= 4 is 23.4 Å². The molecule has 0 bridgehead atoms. The van der Waals surface area contributed by atoms with Crippen LogP contribution < -0.4 is 0 Å². The lowest BCUT2D eigenvalue weighted by atomic mass is 10.1. The summed E-state index contributed by atoms with van der Waals surface area (Å²) in [6, 6.07) is 13.7. The van der Waals surface area contributed by atoms with Crippen LogP contribution in [0.3, 0.4) is 0 Å². The van der Waals surface area contributed by atoms with E-state index in [1.54, 1.807) is 9.80 Å². The summed E-state index contributed by atoms with van der Waals surface area (Å²) < 4.78 is 5.94. The summed E-state index contributed by atoms with van der Waals surface area (Å²) >= 11 is 6.10. The second kappa shape index (κ2) is 10.2. The number of pyridine rings is 1. The number of likely N-dealkylation sites (tertiary alicyclic amines) is 1. The number of carbonyl (C=O) groups excluding carboxylic acids is 2. The highest BCUT2D eigenvalue weighted by Gasteiger charge is 2.28. The molecule has 2 saturated heterocycles. The molecule has 2 aromatic rings. The number of benzene rings is 1. The summed E-state index contributed by atoms with van der Waals surface area (Å²) in [5.74, 6) is 0.0738. The molecular formula is C24H28ClN3O3. The van der Waals surface area contributed by atoms with Gasteiger partial charge in [0.15, 0.2) is 0 Å². The molecule has 1 aromatic carbocycles. The van der Waals surface area contributed by atoms with Gasteiger partial charge < -0.3 is 14.5 Å². The molecule has 4 rings (SSSR count). The number of nitrogens with zero attached hydrogens (tertiary/aromatic N) is 3. The summed E-state index contributed by atoms with van der Waals surface area (Å²) in [5.41, 5.74) is 2.85. The lowest BCUT2D eigenvalue weighted by Gasteiger charge is -2.34. The monoisotopic (exact) mass is 441 g/mol. The molecule has 1 atom stereocenters. The third-order valence-corrected chi connectivity index (χ3v) is 6.08. The zero-order chi connectivity index (χ0) is 21.6. The Morgan fingerprint density at radius 2 is 2.00 bits per heavy atom. The number of morpholine rings is 1. The van der Waals surface area contributed by atoms with Gasteiger partial charge in [-0.3, -0.25) is 14.6 Å². The number of hydrogen-bond donors (Lipinski definition) is 0. The third kappa shape index (κ3) is 5.83. The van der Waals surface area contributed by atoms with Crippen LogP contribution in [-0.2, 0) is 20.7 Å². The third-order valence-electron chi connectivity index (χ3n) is 5.85. The molecule has 0 spiro atoms. The summed E-state index contributed by atoms with van der Waals surface area (Å²) in [4.78, 5) is 33.4. The summed E-state index contributed by atoms with van der Waals surface area (Å²) in [7, 11) is 0. The number of aromatic nitrogens is 1. The molecular weight excluding hydrogens is 414 g/mol. The molecule has 2 aliphatic rings. The van der Waals surface area contributed by atoms with Gasteiger partial charge in [-0.2, -0.15) is 0 Å². The maximum Gasteiger partial charge on any atom is 0.242 e. The van der Waals surface area contributed by atoms with Crippen molar-refractivity contribution in [2.24, 2.45) is 0 Å². The molecule has 2 amide bonds. The van der Waals surface area contributed by atoms with Crippen LogP contribution in [0.4, 0.5) is 0 Å². The first kappa shape index (κ1) is 21.8. The van der Waals surface area contributed by atoms with Gasteiger partial charge in [0.25, 0.3) is 0 Å². The molecule has 31 heavy (non-hydrogen) atoms. The fourth-order valence-electron chi connectivity index (χ4n) is 4.16. The SMILES string of the molecule is O=C1CCCCCN1CC(=O)N1CCOC(c2cccc(Cc3cccc(Cl)c3)n2)C1. The number of ether oxygens (including phenoxy) is 1. The highest BCUT2D eigenvalue weighted by molar-refractivity contribution is 6.30. The van der Waals surface area contributed by atoms with Crippen molar-refractivity contribution in [3.05, 3.63) is 64.4 Å². The Morgan fingerprint density at radius 1 is 1.13 bits per heavy atom. The van der Waals surface area contributed by atoms with E-state index < -0.39 is 0 Å². The molecule has 3 heterocycles.